The van der Waals surface area contributed by atoms with Crippen molar-refractivity contribution < 1.29 is 0 Å². The lowest BCUT2D eigenvalue weighted by molar-refractivity contribution is 1.01. The number of aromatic nitrogens is 2. The van der Waals surface area contributed by atoms with Crippen LogP contribution in [0.15, 0.2) is 58.9 Å². The molecule has 0 saturated heterocycles. The third-order valence-electron chi connectivity index (χ3n) is 3.00. The van der Waals surface area contributed by atoms with Gasteiger partial charge in [0.1, 0.15) is 0 Å². The summed E-state index contributed by atoms with van der Waals surface area (Å²) in [5, 5.41) is 12.6. The van der Waals surface area contributed by atoms with E-state index in [0.29, 0.717) is 0 Å². The number of aryl methyl sites for hydroxylation is 1. The molecular weight excluding hydrogens is 298 g/mol. The lowest BCUT2D eigenvalue weighted by Crippen LogP contribution is -1.91. The first-order valence-electron chi connectivity index (χ1n) is 6.64. The maximum absolute atomic E-state index is 4.23. The maximum Gasteiger partial charge on any atom is 0.210 e. The molecule has 1 heterocycles. The van der Waals surface area contributed by atoms with Crippen LogP contribution < -0.4 is 5.32 Å². The van der Waals surface area contributed by atoms with Crippen molar-refractivity contribution in [2.24, 2.45) is 0 Å². The molecule has 0 unspecified atom stereocenters. The van der Waals surface area contributed by atoms with Gasteiger partial charge < -0.3 is 5.32 Å². The molecule has 5 heteroatoms. The molecule has 1 aromatic heterocycles. The van der Waals surface area contributed by atoms with E-state index in [2.05, 4.69) is 52.8 Å². The largest absolute Gasteiger partial charge is 0.330 e. The molecule has 1 N–H and O–H groups in total. The molecule has 106 valence electrons. The first-order valence-corrected chi connectivity index (χ1v) is 8.44. The average Bonchev–Trinajstić information content (AvgIpc) is 2.96. The van der Waals surface area contributed by atoms with Gasteiger partial charge in [-0.1, -0.05) is 71.6 Å². The van der Waals surface area contributed by atoms with Gasteiger partial charge in [0.05, 0.1) is 0 Å². The zero-order chi connectivity index (χ0) is 14.5. The number of para-hydroxylation sites is 1. The van der Waals surface area contributed by atoms with E-state index in [1.807, 2.05) is 24.3 Å². The van der Waals surface area contributed by atoms with Crippen molar-refractivity contribution in [2.45, 2.75) is 17.0 Å². The van der Waals surface area contributed by atoms with Crippen LogP contribution in [-0.2, 0) is 5.75 Å². The number of thioether (sulfide) groups is 1. The van der Waals surface area contributed by atoms with E-state index in [-0.39, 0.29) is 0 Å². The topological polar surface area (TPSA) is 37.8 Å². The molecule has 0 fully saturated rings. The van der Waals surface area contributed by atoms with E-state index >= 15 is 0 Å². The number of benzene rings is 2. The van der Waals surface area contributed by atoms with Crippen molar-refractivity contribution >= 4 is 33.9 Å². The molecule has 0 spiro atoms. The molecule has 0 aliphatic rings. The first kappa shape index (κ1) is 14.1. The standard InChI is InChI=1S/C16H15N3S2/c1-12-7-5-6-10-14(12)17-15-18-19-16(21-15)20-11-13-8-3-2-4-9-13/h2-10H,11H2,1H3,(H,17,18). The van der Waals surface area contributed by atoms with Gasteiger partial charge in [0, 0.05) is 11.4 Å². The zero-order valence-electron chi connectivity index (χ0n) is 11.6. The summed E-state index contributed by atoms with van der Waals surface area (Å²) in [7, 11) is 0. The summed E-state index contributed by atoms with van der Waals surface area (Å²) in [5.41, 5.74) is 3.57. The molecule has 0 aliphatic carbocycles. The molecule has 3 nitrogen and oxygen atoms in total. The minimum Gasteiger partial charge on any atom is -0.330 e. The van der Waals surface area contributed by atoms with E-state index in [1.165, 1.54) is 11.1 Å². The zero-order valence-corrected chi connectivity index (χ0v) is 13.2. The smallest absolute Gasteiger partial charge is 0.210 e. The minimum absolute atomic E-state index is 0.833. The Morgan fingerprint density at radius 3 is 2.57 bits per heavy atom. The predicted molar refractivity (Wildman–Crippen MR) is 90.4 cm³/mol. The second-order valence-electron chi connectivity index (χ2n) is 4.59. The Morgan fingerprint density at radius 2 is 1.76 bits per heavy atom. The van der Waals surface area contributed by atoms with Gasteiger partial charge in [-0.05, 0) is 24.1 Å². The molecule has 0 bridgehead atoms. The Balaban J connectivity index is 1.63. The van der Waals surface area contributed by atoms with E-state index < -0.39 is 0 Å². The SMILES string of the molecule is Cc1ccccc1Nc1nnc(SCc2ccccc2)s1. The third kappa shape index (κ3) is 3.83. The Labute approximate surface area is 132 Å². The highest BCUT2D eigenvalue weighted by Crippen LogP contribution is 2.30. The summed E-state index contributed by atoms with van der Waals surface area (Å²) in [6, 6.07) is 18.6. The average molecular weight is 313 g/mol. The van der Waals surface area contributed by atoms with Gasteiger partial charge in [0.15, 0.2) is 4.34 Å². The van der Waals surface area contributed by atoms with Gasteiger partial charge in [-0.2, -0.15) is 0 Å². The number of rotatable bonds is 5. The number of nitrogens with zero attached hydrogens (tertiary/aromatic N) is 2. The van der Waals surface area contributed by atoms with Gasteiger partial charge in [-0.15, -0.1) is 10.2 Å². The normalized spacial score (nSPS) is 10.5. The molecule has 0 saturated carbocycles. The van der Waals surface area contributed by atoms with Crippen LogP contribution in [0.3, 0.4) is 0 Å². The van der Waals surface area contributed by atoms with Gasteiger partial charge in [-0.25, -0.2) is 0 Å². The van der Waals surface area contributed by atoms with Crippen molar-refractivity contribution in [3.8, 4) is 0 Å². The highest BCUT2D eigenvalue weighted by Gasteiger charge is 2.06. The van der Waals surface area contributed by atoms with Crippen LogP contribution in [0, 0.1) is 6.92 Å². The van der Waals surface area contributed by atoms with Crippen molar-refractivity contribution in [2.75, 3.05) is 5.32 Å². The molecular formula is C16H15N3S2. The summed E-state index contributed by atoms with van der Waals surface area (Å²) >= 11 is 3.30. The molecule has 2 aromatic carbocycles. The molecule has 0 aliphatic heterocycles. The summed E-state index contributed by atoms with van der Waals surface area (Å²) in [6.45, 7) is 2.08. The lowest BCUT2D eigenvalue weighted by Gasteiger charge is -2.04. The molecule has 0 amide bonds. The Hall–Kier alpha value is -1.85. The fourth-order valence-electron chi connectivity index (χ4n) is 1.87. The minimum atomic E-state index is 0.833. The van der Waals surface area contributed by atoms with Crippen molar-refractivity contribution in [3.63, 3.8) is 0 Å². The monoisotopic (exact) mass is 313 g/mol. The number of nitrogens with one attached hydrogen (secondary N) is 1. The molecule has 3 aromatic rings. The second-order valence-corrected chi connectivity index (χ2v) is 6.79. The van der Waals surface area contributed by atoms with Gasteiger partial charge in [0.25, 0.3) is 0 Å². The van der Waals surface area contributed by atoms with E-state index in [4.69, 9.17) is 0 Å². The Bertz CT molecular complexity index is 710. The quantitative estimate of drug-likeness (QED) is 0.681. The predicted octanol–water partition coefficient (Wildman–Crippen LogP) is 4.88. The van der Waals surface area contributed by atoms with Crippen LogP contribution in [0.4, 0.5) is 10.8 Å². The summed E-state index contributed by atoms with van der Waals surface area (Å²) < 4.78 is 0.981. The molecule has 0 atom stereocenters. The van der Waals surface area contributed by atoms with E-state index in [9.17, 15) is 0 Å². The van der Waals surface area contributed by atoms with E-state index in [1.54, 1.807) is 23.1 Å². The number of hydrogen-bond donors (Lipinski definition) is 1. The Morgan fingerprint density at radius 1 is 1.00 bits per heavy atom. The summed E-state index contributed by atoms with van der Waals surface area (Å²) in [5.74, 6) is 0.917. The van der Waals surface area contributed by atoms with Crippen LogP contribution in [0.1, 0.15) is 11.1 Å². The molecule has 3 rings (SSSR count). The first-order chi connectivity index (χ1) is 10.3. The van der Waals surface area contributed by atoms with Gasteiger partial charge in [-0.3, -0.25) is 0 Å². The molecule has 0 radical (unpaired) electrons. The highest BCUT2D eigenvalue weighted by atomic mass is 32.2. The van der Waals surface area contributed by atoms with Crippen LogP contribution >= 0.6 is 23.1 Å². The van der Waals surface area contributed by atoms with Crippen molar-refractivity contribution in [1.82, 2.24) is 10.2 Å². The summed E-state index contributed by atoms with van der Waals surface area (Å²) in [6.07, 6.45) is 0. The number of hydrogen-bond acceptors (Lipinski definition) is 5. The maximum atomic E-state index is 4.23. The second kappa shape index (κ2) is 6.74. The van der Waals surface area contributed by atoms with Crippen LogP contribution in [-0.4, -0.2) is 10.2 Å². The van der Waals surface area contributed by atoms with Crippen molar-refractivity contribution in [3.05, 3.63) is 65.7 Å². The fraction of sp³-hybridized carbons (Fsp3) is 0.125. The number of anilines is 2. The van der Waals surface area contributed by atoms with Crippen LogP contribution in [0.25, 0.3) is 0 Å². The Kier molecular flexibility index (Phi) is 4.52. The van der Waals surface area contributed by atoms with Crippen LogP contribution in [0.2, 0.25) is 0 Å². The third-order valence-corrected chi connectivity index (χ3v) is 5.04. The highest BCUT2D eigenvalue weighted by molar-refractivity contribution is 8.00. The van der Waals surface area contributed by atoms with Crippen LogP contribution in [0.5, 0.6) is 0 Å². The fourth-order valence-corrected chi connectivity index (χ4v) is 3.59. The van der Waals surface area contributed by atoms with Crippen molar-refractivity contribution in [1.29, 1.82) is 0 Å². The lowest BCUT2D eigenvalue weighted by atomic mass is 10.2. The van der Waals surface area contributed by atoms with Gasteiger partial charge in [0.2, 0.25) is 5.13 Å². The van der Waals surface area contributed by atoms with E-state index in [0.717, 1.165) is 20.9 Å². The summed E-state index contributed by atoms with van der Waals surface area (Å²) in [4.78, 5) is 0. The molecule has 21 heavy (non-hydrogen) atoms. The van der Waals surface area contributed by atoms with Gasteiger partial charge >= 0.3 is 0 Å².